The number of likely N-dealkylation sites (tertiary alicyclic amines) is 1. The predicted molar refractivity (Wildman–Crippen MR) is 86.5 cm³/mol. The molecule has 1 amide bonds. The first-order valence-electron chi connectivity index (χ1n) is 7.87. The fourth-order valence-corrected chi connectivity index (χ4v) is 2.66. The molecule has 1 heterocycles. The number of rotatable bonds is 7. The van der Waals surface area contributed by atoms with Gasteiger partial charge in [-0.3, -0.25) is 19.8 Å². The van der Waals surface area contributed by atoms with Crippen molar-refractivity contribution in [2.75, 3.05) is 19.7 Å². The van der Waals surface area contributed by atoms with E-state index in [0.717, 1.165) is 19.5 Å². The van der Waals surface area contributed by atoms with E-state index in [1.165, 1.54) is 12.1 Å². The number of hydrogen-bond donors (Lipinski definition) is 1. The Labute approximate surface area is 135 Å². The van der Waals surface area contributed by atoms with Crippen LogP contribution in [0.25, 0.3) is 0 Å². The molecular formula is C16H23N3O4. The van der Waals surface area contributed by atoms with Crippen LogP contribution in [0.15, 0.2) is 24.3 Å². The van der Waals surface area contributed by atoms with Crippen LogP contribution in [0.1, 0.15) is 26.7 Å². The highest BCUT2D eigenvalue weighted by molar-refractivity contribution is 5.76. The third kappa shape index (κ3) is 4.92. The lowest BCUT2D eigenvalue weighted by Crippen LogP contribution is -2.38. The monoisotopic (exact) mass is 321 g/mol. The van der Waals surface area contributed by atoms with E-state index in [4.69, 9.17) is 4.74 Å². The molecular weight excluding hydrogens is 298 g/mol. The quantitative estimate of drug-likeness (QED) is 0.613. The predicted octanol–water partition coefficient (Wildman–Crippen LogP) is 1.96. The highest BCUT2D eigenvalue weighted by atomic mass is 16.6. The van der Waals surface area contributed by atoms with Gasteiger partial charge in [-0.25, -0.2) is 0 Å². The van der Waals surface area contributed by atoms with Crippen molar-refractivity contribution in [2.24, 2.45) is 0 Å². The fourth-order valence-electron chi connectivity index (χ4n) is 2.66. The van der Waals surface area contributed by atoms with Crippen LogP contribution in [-0.4, -0.2) is 47.5 Å². The van der Waals surface area contributed by atoms with Crippen molar-refractivity contribution >= 4 is 11.6 Å². The van der Waals surface area contributed by atoms with E-state index in [1.807, 2.05) is 0 Å². The van der Waals surface area contributed by atoms with Crippen LogP contribution in [0.5, 0.6) is 5.75 Å². The van der Waals surface area contributed by atoms with Gasteiger partial charge in [0.25, 0.3) is 0 Å². The van der Waals surface area contributed by atoms with Crippen molar-refractivity contribution in [3.05, 3.63) is 34.4 Å². The molecule has 0 radical (unpaired) electrons. The summed E-state index contributed by atoms with van der Waals surface area (Å²) in [4.78, 5) is 24.7. The van der Waals surface area contributed by atoms with Crippen LogP contribution in [0.4, 0.5) is 5.69 Å². The Bertz CT molecular complexity index is 562. The second-order valence-corrected chi connectivity index (χ2v) is 5.97. The fraction of sp³-hybridized carbons (Fsp3) is 0.562. The van der Waals surface area contributed by atoms with Crippen molar-refractivity contribution in [3.63, 3.8) is 0 Å². The first kappa shape index (κ1) is 17.2. The van der Waals surface area contributed by atoms with E-state index in [1.54, 1.807) is 12.1 Å². The molecule has 0 aliphatic carbocycles. The van der Waals surface area contributed by atoms with Gasteiger partial charge in [0, 0.05) is 31.2 Å². The molecule has 1 saturated heterocycles. The lowest BCUT2D eigenvalue weighted by molar-refractivity contribution is -0.385. The van der Waals surface area contributed by atoms with E-state index < -0.39 is 4.92 Å². The van der Waals surface area contributed by atoms with Gasteiger partial charge in [-0.1, -0.05) is 12.1 Å². The van der Waals surface area contributed by atoms with E-state index in [-0.39, 0.29) is 36.4 Å². The van der Waals surface area contributed by atoms with Crippen LogP contribution in [0.2, 0.25) is 0 Å². The van der Waals surface area contributed by atoms with Gasteiger partial charge in [0.05, 0.1) is 18.0 Å². The summed E-state index contributed by atoms with van der Waals surface area (Å²) in [6.07, 6.45) is 1.14. The van der Waals surface area contributed by atoms with Crippen LogP contribution < -0.4 is 10.1 Å². The number of benzene rings is 1. The van der Waals surface area contributed by atoms with Gasteiger partial charge < -0.3 is 10.1 Å². The van der Waals surface area contributed by atoms with Crippen molar-refractivity contribution < 1.29 is 14.5 Å². The zero-order valence-corrected chi connectivity index (χ0v) is 13.5. The zero-order chi connectivity index (χ0) is 16.8. The van der Waals surface area contributed by atoms with Crippen LogP contribution in [0.3, 0.4) is 0 Å². The van der Waals surface area contributed by atoms with Gasteiger partial charge in [0.15, 0.2) is 5.75 Å². The second kappa shape index (κ2) is 7.92. The third-order valence-electron chi connectivity index (χ3n) is 3.96. The van der Waals surface area contributed by atoms with Crippen LogP contribution in [0, 0.1) is 10.1 Å². The molecule has 1 N–H and O–H groups in total. The summed E-state index contributed by atoms with van der Waals surface area (Å²) in [7, 11) is 0. The molecule has 0 aromatic heterocycles. The summed E-state index contributed by atoms with van der Waals surface area (Å²) in [5.41, 5.74) is -0.0868. The zero-order valence-electron chi connectivity index (χ0n) is 13.5. The largest absolute Gasteiger partial charge is 0.486 e. The molecule has 0 unspecified atom stereocenters. The normalized spacial score (nSPS) is 18.1. The number of amides is 1. The average molecular weight is 321 g/mol. The summed E-state index contributed by atoms with van der Waals surface area (Å²) >= 11 is 0. The molecule has 1 aromatic carbocycles. The summed E-state index contributed by atoms with van der Waals surface area (Å²) < 4.78 is 5.38. The molecule has 126 valence electrons. The van der Waals surface area contributed by atoms with E-state index in [0.29, 0.717) is 6.04 Å². The summed E-state index contributed by atoms with van der Waals surface area (Å²) in [6, 6.07) is 6.83. The number of para-hydroxylation sites is 2. The van der Waals surface area contributed by atoms with E-state index in [9.17, 15) is 14.9 Å². The van der Waals surface area contributed by atoms with Crippen LogP contribution in [-0.2, 0) is 4.79 Å². The summed E-state index contributed by atoms with van der Waals surface area (Å²) in [6.45, 7) is 6.27. The Kier molecular flexibility index (Phi) is 5.92. The van der Waals surface area contributed by atoms with Gasteiger partial charge in [-0.2, -0.15) is 0 Å². The smallest absolute Gasteiger partial charge is 0.310 e. The van der Waals surface area contributed by atoms with Gasteiger partial charge in [0.2, 0.25) is 5.91 Å². The molecule has 1 atom stereocenters. The molecule has 2 rings (SSSR count). The molecule has 1 aliphatic heterocycles. The molecule has 7 heteroatoms. The maximum atomic E-state index is 11.9. The van der Waals surface area contributed by atoms with Gasteiger partial charge in [0.1, 0.15) is 0 Å². The lowest BCUT2D eigenvalue weighted by Gasteiger charge is -2.20. The highest BCUT2D eigenvalue weighted by Gasteiger charge is 2.25. The number of carbonyl (C=O) groups is 1. The lowest BCUT2D eigenvalue weighted by atomic mass is 10.2. The van der Waals surface area contributed by atoms with Gasteiger partial charge in [-0.15, -0.1) is 0 Å². The average Bonchev–Trinajstić information content (AvgIpc) is 2.96. The SMILES string of the molecule is CC(C)N1CC[C@H](NC(=O)CCOc2ccccc2[N+](=O)[O-])C1. The number of nitrogens with one attached hydrogen (secondary N) is 1. The molecule has 1 fully saturated rings. The maximum Gasteiger partial charge on any atom is 0.310 e. The standard InChI is InChI=1S/C16H23N3O4/c1-12(2)18-9-7-13(11-18)17-16(20)8-10-23-15-6-4-3-5-14(15)19(21)22/h3-6,12-13H,7-11H2,1-2H3,(H,17,20)/t13-/m0/s1. The number of nitro benzene ring substituents is 1. The molecule has 0 bridgehead atoms. The van der Waals surface area contributed by atoms with E-state index in [2.05, 4.69) is 24.1 Å². The first-order valence-corrected chi connectivity index (χ1v) is 7.87. The molecule has 1 aliphatic rings. The van der Waals surface area contributed by atoms with E-state index >= 15 is 0 Å². The third-order valence-corrected chi connectivity index (χ3v) is 3.96. The molecule has 7 nitrogen and oxygen atoms in total. The highest BCUT2D eigenvalue weighted by Crippen LogP contribution is 2.25. The van der Waals surface area contributed by atoms with Crippen molar-refractivity contribution in [3.8, 4) is 5.75 Å². The molecule has 0 spiro atoms. The van der Waals surface area contributed by atoms with Crippen molar-refractivity contribution in [1.29, 1.82) is 0 Å². The number of nitrogens with zero attached hydrogens (tertiary/aromatic N) is 2. The Balaban J connectivity index is 1.75. The first-order chi connectivity index (χ1) is 11.0. The second-order valence-electron chi connectivity index (χ2n) is 5.97. The van der Waals surface area contributed by atoms with Crippen molar-refractivity contribution in [1.82, 2.24) is 10.2 Å². The topological polar surface area (TPSA) is 84.7 Å². The minimum absolute atomic E-state index is 0.0841. The molecule has 1 aromatic rings. The van der Waals surface area contributed by atoms with Crippen LogP contribution >= 0.6 is 0 Å². The number of nitro groups is 1. The maximum absolute atomic E-state index is 11.9. The molecule has 0 saturated carbocycles. The van der Waals surface area contributed by atoms with Gasteiger partial charge in [-0.05, 0) is 26.3 Å². The molecule has 23 heavy (non-hydrogen) atoms. The Morgan fingerprint density at radius 1 is 1.48 bits per heavy atom. The van der Waals surface area contributed by atoms with Gasteiger partial charge >= 0.3 is 5.69 Å². The summed E-state index contributed by atoms with van der Waals surface area (Å²) in [5.74, 6) is 0.108. The number of carbonyl (C=O) groups excluding carboxylic acids is 1. The number of ether oxygens (including phenoxy) is 1. The Morgan fingerprint density at radius 2 is 2.22 bits per heavy atom. The minimum atomic E-state index is -0.492. The minimum Gasteiger partial charge on any atom is -0.486 e. The van der Waals surface area contributed by atoms with Crippen molar-refractivity contribution in [2.45, 2.75) is 38.8 Å². The Hall–Kier alpha value is -2.15. The number of hydrogen-bond acceptors (Lipinski definition) is 5. The summed E-state index contributed by atoms with van der Waals surface area (Å²) in [5, 5.41) is 13.9. The Morgan fingerprint density at radius 3 is 2.87 bits per heavy atom.